The van der Waals surface area contributed by atoms with Crippen molar-refractivity contribution in [2.45, 2.75) is 31.6 Å². The first kappa shape index (κ1) is 25.4. The summed E-state index contributed by atoms with van der Waals surface area (Å²) >= 11 is 0. The first-order valence-corrected chi connectivity index (χ1v) is 11.0. The van der Waals surface area contributed by atoms with Crippen LogP contribution >= 0.6 is 0 Å². The predicted molar refractivity (Wildman–Crippen MR) is 124 cm³/mol. The number of nitrogens with zero attached hydrogens (tertiary/aromatic N) is 3. The van der Waals surface area contributed by atoms with Crippen molar-refractivity contribution in [1.82, 2.24) is 15.5 Å². The zero-order valence-corrected chi connectivity index (χ0v) is 18.6. The van der Waals surface area contributed by atoms with Crippen LogP contribution in [0.15, 0.2) is 70.3 Å². The predicted octanol–water partition coefficient (Wildman–Crippen LogP) is 3.54. The molecule has 0 fully saturated rings. The van der Waals surface area contributed by atoms with Crippen molar-refractivity contribution in [3.05, 3.63) is 71.7 Å². The summed E-state index contributed by atoms with van der Waals surface area (Å²) in [6.07, 6.45) is 5.50. The van der Waals surface area contributed by atoms with Gasteiger partial charge in [0.1, 0.15) is 17.3 Å². The smallest absolute Gasteiger partial charge is 0.351 e. The lowest BCUT2D eigenvalue weighted by atomic mass is 10.1. The number of amidine groups is 1. The monoisotopic (exact) mass is 477 g/mol. The van der Waals surface area contributed by atoms with E-state index in [4.69, 9.17) is 0 Å². The number of aliphatic imine (C=N–C) groups is 2. The molecule has 1 unspecified atom stereocenters. The highest BCUT2D eigenvalue weighted by Gasteiger charge is 2.34. The molecule has 10 heteroatoms. The van der Waals surface area contributed by atoms with Gasteiger partial charge in [0.2, 0.25) is 5.91 Å². The largest absolute Gasteiger partial charge is 0.432 e. The normalized spacial score (nSPS) is 20.5. The van der Waals surface area contributed by atoms with Crippen LogP contribution in [-0.4, -0.2) is 61.3 Å². The van der Waals surface area contributed by atoms with Crippen molar-refractivity contribution < 1.29 is 22.4 Å². The Morgan fingerprint density at radius 1 is 1.18 bits per heavy atom. The third-order valence-corrected chi connectivity index (χ3v) is 5.18. The summed E-state index contributed by atoms with van der Waals surface area (Å²) in [7, 11) is 0. The van der Waals surface area contributed by atoms with Crippen molar-refractivity contribution in [2.75, 3.05) is 26.2 Å². The molecule has 0 saturated heterocycles. The molecule has 1 atom stereocenters. The fourth-order valence-electron chi connectivity index (χ4n) is 3.41. The number of carbonyl (C=O) groups excluding carboxylic acids is 1. The molecule has 2 heterocycles. The van der Waals surface area contributed by atoms with Crippen LogP contribution in [0, 0.1) is 5.82 Å². The zero-order chi connectivity index (χ0) is 24.4. The molecule has 182 valence electrons. The second kappa shape index (κ2) is 12.3. The SMILES string of the molecule is O=C(CCNCC1=NC/C=C\C=C/CN1Cc1ccccc1F)NC1C=NC(C(F)(F)F)=CC1. The number of rotatable bonds is 8. The van der Waals surface area contributed by atoms with Crippen LogP contribution in [0.1, 0.15) is 18.4 Å². The Morgan fingerprint density at radius 2 is 1.97 bits per heavy atom. The van der Waals surface area contributed by atoms with Crippen LogP contribution in [0.2, 0.25) is 0 Å². The van der Waals surface area contributed by atoms with Gasteiger partial charge in [-0.3, -0.25) is 14.8 Å². The second-order valence-electron chi connectivity index (χ2n) is 7.79. The van der Waals surface area contributed by atoms with E-state index in [9.17, 15) is 22.4 Å². The van der Waals surface area contributed by atoms with E-state index in [0.717, 1.165) is 18.1 Å². The van der Waals surface area contributed by atoms with E-state index in [1.54, 1.807) is 18.2 Å². The Bertz CT molecular complexity index is 997. The topological polar surface area (TPSA) is 69.1 Å². The minimum Gasteiger partial charge on any atom is -0.351 e. The van der Waals surface area contributed by atoms with Crippen LogP contribution in [0.25, 0.3) is 0 Å². The molecule has 3 rings (SSSR count). The van der Waals surface area contributed by atoms with Crippen molar-refractivity contribution >= 4 is 18.0 Å². The summed E-state index contributed by atoms with van der Waals surface area (Å²) < 4.78 is 52.0. The van der Waals surface area contributed by atoms with Gasteiger partial charge in [-0.2, -0.15) is 13.2 Å². The van der Waals surface area contributed by atoms with E-state index in [1.165, 1.54) is 6.07 Å². The molecule has 34 heavy (non-hydrogen) atoms. The van der Waals surface area contributed by atoms with Gasteiger partial charge < -0.3 is 15.5 Å². The Hall–Kier alpha value is -3.27. The molecular weight excluding hydrogens is 450 g/mol. The minimum absolute atomic E-state index is 0.0420. The summed E-state index contributed by atoms with van der Waals surface area (Å²) in [6.45, 7) is 2.11. The van der Waals surface area contributed by atoms with Gasteiger partial charge in [0.25, 0.3) is 0 Å². The van der Waals surface area contributed by atoms with E-state index >= 15 is 0 Å². The quantitative estimate of drug-likeness (QED) is 0.445. The van der Waals surface area contributed by atoms with Gasteiger partial charge in [0, 0.05) is 37.8 Å². The summed E-state index contributed by atoms with van der Waals surface area (Å²) in [5.41, 5.74) is -0.382. The fraction of sp³-hybridized carbons (Fsp3) is 0.375. The maximum Gasteiger partial charge on any atom is 0.432 e. The highest BCUT2D eigenvalue weighted by Crippen LogP contribution is 2.28. The average Bonchev–Trinajstić information content (AvgIpc) is 2.90. The van der Waals surface area contributed by atoms with E-state index in [2.05, 4.69) is 20.6 Å². The number of nitrogens with one attached hydrogen (secondary N) is 2. The third-order valence-electron chi connectivity index (χ3n) is 5.18. The molecule has 0 saturated carbocycles. The lowest BCUT2D eigenvalue weighted by molar-refractivity contribution is -0.121. The van der Waals surface area contributed by atoms with Gasteiger partial charge in [-0.05, 0) is 12.5 Å². The van der Waals surface area contributed by atoms with Gasteiger partial charge in [0.05, 0.1) is 19.1 Å². The number of alkyl halides is 3. The number of halogens is 4. The molecule has 2 N–H and O–H groups in total. The number of benzene rings is 1. The molecule has 2 aliphatic heterocycles. The molecule has 6 nitrogen and oxygen atoms in total. The van der Waals surface area contributed by atoms with Crippen molar-refractivity contribution in [3.63, 3.8) is 0 Å². The fourth-order valence-corrected chi connectivity index (χ4v) is 3.41. The molecule has 1 aromatic rings. The van der Waals surface area contributed by atoms with Gasteiger partial charge in [-0.1, -0.05) is 48.6 Å². The van der Waals surface area contributed by atoms with Gasteiger partial charge in [-0.15, -0.1) is 0 Å². The van der Waals surface area contributed by atoms with Crippen molar-refractivity contribution in [2.24, 2.45) is 9.98 Å². The number of amides is 1. The number of allylic oxidation sites excluding steroid dienone is 3. The van der Waals surface area contributed by atoms with Gasteiger partial charge in [0.15, 0.2) is 0 Å². The Balaban J connectivity index is 1.48. The maximum absolute atomic E-state index is 14.2. The number of carbonyl (C=O) groups is 1. The first-order valence-electron chi connectivity index (χ1n) is 11.0. The minimum atomic E-state index is -4.49. The van der Waals surface area contributed by atoms with Crippen molar-refractivity contribution in [3.8, 4) is 0 Å². The molecule has 0 aromatic heterocycles. The standard InChI is InChI=1S/C24H27F4N5O/c25-20-8-4-3-7-18(20)17-33-14-6-2-1-5-12-30-22(33)16-29-13-11-23(34)32-19-9-10-21(31-15-19)24(26,27)28/h1-8,10,15,19,29H,9,11-14,16-17H2,(H,32,34)/b5-1-,6-2-,30-22?. The van der Waals surface area contributed by atoms with E-state index < -0.39 is 17.9 Å². The Kier molecular flexibility index (Phi) is 9.15. The molecular formula is C24H27F4N5O. The third kappa shape index (κ3) is 7.95. The maximum atomic E-state index is 14.2. The number of hydrogen-bond donors (Lipinski definition) is 2. The van der Waals surface area contributed by atoms with E-state index in [1.807, 2.05) is 29.2 Å². The van der Waals surface area contributed by atoms with E-state index in [-0.39, 0.29) is 24.6 Å². The van der Waals surface area contributed by atoms with Crippen LogP contribution in [-0.2, 0) is 11.3 Å². The molecule has 0 bridgehead atoms. The van der Waals surface area contributed by atoms with Crippen LogP contribution in [0.4, 0.5) is 17.6 Å². The van der Waals surface area contributed by atoms with Gasteiger partial charge in [-0.25, -0.2) is 4.39 Å². The highest BCUT2D eigenvalue weighted by molar-refractivity contribution is 5.85. The van der Waals surface area contributed by atoms with Gasteiger partial charge >= 0.3 is 6.18 Å². The first-order chi connectivity index (χ1) is 16.3. The van der Waals surface area contributed by atoms with Crippen LogP contribution in [0.5, 0.6) is 0 Å². The van der Waals surface area contributed by atoms with E-state index in [0.29, 0.717) is 38.3 Å². The highest BCUT2D eigenvalue weighted by atomic mass is 19.4. The Morgan fingerprint density at radius 3 is 2.71 bits per heavy atom. The second-order valence-corrected chi connectivity index (χ2v) is 7.79. The zero-order valence-electron chi connectivity index (χ0n) is 18.6. The molecule has 0 aliphatic carbocycles. The molecule has 1 aromatic carbocycles. The summed E-state index contributed by atoms with van der Waals surface area (Å²) in [5.74, 6) is 0.166. The lowest BCUT2D eigenvalue weighted by Gasteiger charge is -2.26. The molecule has 0 radical (unpaired) electrons. The number of hydrogen-bond acceptors (Lipinski definition) is 5. The average molecular weight is 478 g/mol. The summed E-state index contributed by atoms with van der Waals surface area (Å²) in [5, 5.41) is 5.84. The molecule has 2 aliphatic rings. The molecule has 1 amide bonds. The lowest BCUT2D eigenvalue weighted by Crippen LogP contribution is -2.41. The van der Waals surface area contributed by atoms with Crippen molar-refractivity contribution in [1.29, 1.82) is 0 Å². The van der Waals surface area contributed by atoms with Crippen LogP contribution in [0.3, 0.4) is 0 Å². The summed E-state index contributed by atoms with van der Waals surface area (Å²) in [4.78, 5) is 22.1. The van der Waals surface area contributed by atoms with Crippen LogP contribution < -0.4 is 10.6 Å². The molecule has 0 spiro atoms. The summed E-state index contributed by atoms with van der Waals surface area (Å²) in [6, 6.07) is 6.03. The Labute approximate surface area is 195 Å².